The van der Waals surface area contributed by atoms with Crippen molar-refractivity contribution in [2.75, 3.05) is 145 Å². The van der Waals surface area contributed by atoms with E-state index < -0.39 is 35.6 Å². The van der Waals surface area contributed by atoms with Crippen LogP contribution >= 0.6 is 0 Å². The van der Waals surface area contributed by atoms with Gasteiger partial charge in [0.1, 0.15) is 47.9 Å². The average Bonchev–Trinajstić information content (AvgIpc) is 2.81. The minimum Gasteiger partial charge on any atom is -0.386 e. The lowest BCUT2D eigenvalue weighted by molar-refractivity contribution is -0.893. The highest BCUT2D eigenvalue weighted by Gasteiger charge is 2.23. The molecule has 0 aromatic carbocycles. The summed E-state index contributed by atoms with van der Waals surface area (Å²) in [4.78, 5) is 9.98. The van der Waals surface area contributed by atoms with Crippen LogP contribution in [0.25, 0.3) is 0 Å². The quantitative estimate of drug-likeness (QED) is 0.0667. The Morgan fingerprint density at radius 3 is 1.31 bits per heavy atom. The predicted molar refractivity (Wildman–Crippen MR) is 189 cm³/mol. The summed E-state index contributed by atoms with van der Waals surface area (Å²) in [6, 6.07) is 0. The van der Waals surface area contributed by atoms with E-state index in [0.29, 0.717) is 29.9 Å². The molecule has 0 rings (SSSR count). The molecule has 0 saturated carbocycles. The molecule has 0 aromatic heterocycles. The lowest BCUT2D eigenvalue weighted by Gasteiger charge is -2.31. The second kappa shape index (κ2) is 27.2. The molecule has 5 N–H and O–H groups in total. The van der Waals surface area contributed by atoms with Gasteiger partial charge in [-0.3, -0.25) is 4.79 Å². The Labute approximate surface area is 277 Å². The summed E-state index contributed by atoms with van der Waals surface area (Å²) in [5.74, 6) is 0.558. The SMILES string of the molecule is CNCC(C)=O.CNCCC[N+](C)(C)CC(O)CS(C)(=O)=O.CNCCC[N+](C)(C)CCCS(C)(=O)=O.CNCCS(C)(=O)=O. The lowest BCUT2D eigenvalue weighted by atomic mass is 10.3. The van der Waals surface area contributed by atoms with Crippen LogP contribution in [-0.4, -0.2) is 196 Å². The number of aliphatic hydroxyl groups is 1. The summed E-state index contributed by atoms with van der Waals surface area (Å²) in [5, 5.41) is 21.3. The second-order valence-electron chi connectivity index (χ2n) is 12.8. The van der Waals surface area contributed by atoms with Gasteiger partial charge in [0.25, 0.3) is 0 Å². The molecule has 0 spiro atoms. The molecule has 0 aliphatic heterocycles. The molecular weight excluding hydrogens is 645 g/mol. The smallest absolute Gasteiger partial charge is 0.150 e. The van der Waals surface area contributed by atoms with Gasteiger partial charge >= 0.3 is 0 Å². The molecule has 0 bridgehead atoms. The fourth-order valence-electron chi connectivity index (χ4n) is 3.83. The van der Waals surface area contributed by atoms with E-state index in [2.05, 4.69) is 35.4 Å². The van der Waals surface area contributed by atoms with E-state index in [1.165, 1.54) is 12.5 Å². The Balaban J connectivity index is -0.000000267. The first kappa shape index (κ1) is 51.1. The van der Waals surface area contributed by atoms with Crippen LogP contribution in [0, 0.1) is 0 Å². The molecule has 0 aromatic rings. The van der Waals surface area contributed by atoms with Crippen molar-refractivity contribution >= 4 is 35.3 Å². The average molecular weight is 715 g/mol. The van der Waals surface area contributed by atoms with Crippen LogP contribution in [0.2, 0.25) is 0 Å². The minimum atomic E-state index is -3.09. The molecule has 0 amide bonds. The Morgan fingerprint density at radius 1 is 0.622 bits per heavy atom. The second-order valence-corrected chi connectivity index (χ2v) is 19.5. The number of hydrogen-bond donors (Lipinski definition) is 5. The monoisotopic (exact) mass is 714 g/mol. The standard InChI is InChI=1S/C10H25N2O3S.C10H25N2O2S.C4H11NO2S.C4H9NO/c1-11-6-5-7-12(2,3)8-10(13)9-16(4,14)15;1-11-7-5-8-12(2,3)9-6-10-15(4,13)14;1-5-3-4-8(2,6)7;1-4(6)3-5-2/h10-11,13H,5-9H2,1-4H3;11H,5-10H2,1-4H3;5H,3-4H2,1-2H3;5H,3H2,1-2H3/q2*+1;;. The zero-order chi connectivity index (χ0) is 36.4. The van der Waals surface area contributed by atoms with Crippen LogP contribution in [-0.2, 0) is 34.3 Å². The molecule has 276 valence electrons. The maximum atomic E-state index is 11.0. The van der Waals surface area contributed by atoms with Crippen molar-refractivity contribution < 1.29 is 44.1 Å². The van der Waals surface area contributed by atoms with E-state index in [-0.39, 0.29) is 17.3 Å². The molecule has 0 aliphatic carbocycles. The molecule has 0 saturated heterocycles. The number of rotatable bonds is 21. The highest BCUT2D eigenvalue weighted by atomic mass is 32.2. The summed E-state index contributed by atoms with van der Waals surface area (Å²) >= 11 is 0. The normalized spacial score (nSPS) is 12.9. The van der Waals surface area contributed by atoms with Gasteiger partial charge < -0.3 is 35.3 Å². The van der Waals surface area contributed by atoms with E-state index in [4.69, 9.17) is 0 Å². The number of carbonyl (C=O) groups is 1. The lowest BCUT2D eigenvalue weighted by Crippen LogP contribution is -2.48. The number of nitrogens with zero attached hydrogens (tertiary/aromatic N) is 2. The number of ketones is 1. The Hall–Kier alpha value is -0.760. The van der Waals surface area contributed by atoms with Crippen molar-refractivity contribution in [1.29, 1.82) is 0 Å². The van der Waals surface area contributed by atoms with Crippen LogP contribution < -0.4 is 21.3 Å². The fraction of sp³-hybridized carbons (Fsp3) is 0.964. The van der Waals surface area contributed by atoms with Crippen molar-refractivity contribution in [3.05, 3.63) is 0 Å². The first-order valence-corrected chi connectivity index (χ1v) is 21.4. The van der Waals surface area contributed by atoms with Crippen molar-refractivity contribution in [2.24, 2.45) is 0 Å². The number of hydrogen-bond acceptors (Lipinski definition) is 12. The third-order valence-electron chi connectivity index (χ3n) is 6.01. The number of likely N-dealkylation sites (N-methyl/N-ethyl adjacent to an activating group) is 2. The predicted octanol–water partition coefficient (Wildman–Crippen LogP) is -1.77. The van der Waals surface area contributed by atoms with Crippen molar-refractivity contribution in [3.8, 4) is 0 Å². The van der Waals surface area contributed by atoms with Gasteiger partial charge in [0.05, 0.1) is 71.6 Å². The molecule has 1 unspecified atom stereocenters. The Morgan fingerprint density at radius 2 is 1.02 bits per heavy atom. The molecule has 0 fully saturated rings. The third kappa shape index (κ3) is 53.0. The van der Waals surface area contributed by atoms with Crippen LogP contribution in [0.15, 0.2) is 0 Å². The van der Waals surface area contributed by atoms with Gasteiger partial charge in [-0.15, -0.1) is 0 Å². The molecule has 1 atom stereocenters. The van der Waals surface area contributed by atoms with Crippen molar-refractivity contribution in [1.82, 2.24) is 21.3 Å². The largest absolute Gasteiger partial charge is 0.386 e. The number of quaternary nitrogens is 2. The van der Waals surface area contributed by atoms with Gasteiger partial charge in [-0.25, -0.2) is 25.3 Å². The number of aliphatic hydroxyl groups excluding tert-OH is 1. The highest BCUT2D eigenvalue weighted by molar-refractivity contribution is 7.91. The Bertz CT molecular complexity index is 1050. The van der Waals surface area contributed by atoms with Gasteiger partial charge in [0.2, 0.25) is 0 Å². The van der Waals surface area contributed by atoms with Gasteiger partial charge in [-0.2, -0.15) is 0 Å². The van der Waals surface area contributed by atoms with E-state index in [1.54, 1.807) is 21.0 Å². The van der Waals surface area contributed by atoms with E-state index in [1.807, 2.05) is 28.2 Å². The first-order valence-electron chi connectivity index (χ1n) is 15.2. The van der Waals surface area contributed by atoms with Crippen LogP contribution in [0.5, 0.6) is 0 Å². The van der Waals surface area contributed by atoms with Crippen LogP contribution in [0.1, 0.15) is 26.2 Å². The third-order valence-corrected chi connectivity index (χ3v) is 8.97. The Kier molecular flexibility index (Phi) is 30.9. The van der Waals surface area contributed by atoms with E-state index in [0.717, 1.165) is 62.7 Å². The number of Topliss-reactive ketones (excluding diaryl/α,β-unsaturated/α-hetero) is 1. The molecule has 17 heteroatoms. The van der Waals surface area contributed by atoms with Gasteiger partial charge in [0, 0.05) is 57.7 Å². The molecule has 0 radical (unpaired) electrons. The zero-order valence-corrected chi connectivity index (χ0v) is 32.9. The summed E-state index contributed by atoms with van der Waals surface area (Å²) < 4.78 is 66.2. The van der Waals surface area contributed by atoms with Crippen LogP contribution in [0.4, 0.5) is 0 Å². The van der Waals surface area contributed by atoms with E-state index >= 15 is 0 Å². The maximum Gasteiger partial charge on any atom is 0.150 e. The number of nitrogens with one attached hydrogen (secondary N) is 4. The summed E-state index contributed by atoms with van der Waals surface area (Å²) in [6.45, 7) is 7.94. The number of sulfone groups is 3. The van der Waals surface area contributed by atoms with Crippen LogP contribution in [0.3, 0.4) is 0 Å². The summed E-state index contributed by atoms with van der Waals surface area (Å²) in [5.41, 5.74) is 0. The maximum absolute atomic E-state index is 11.0. The van der Waals surface area contributed by atoms with Crippen molar-refractivity contribution in [2.45, 2.75) is 32.3 Å². The topological polar surface area (TPSA) is 188 Å². The summed E-state index contributed by atoms with van der Waals surface area (Å²) in [7, 11) is 7.00. The molecular formula is C28H70N6O8S3+2. The molecule has 0 aliphatic rings. The highest BCUT2D eigenvalue weighted by Crippen LogP contribution is 2.04. The molecule has 0 heterocycles. The molecule has 45 heavy (non-hydrogen) atoms. The number of carbonyl (C=O) groups excluding carboxylic acids is 1. The first-order chi connectivity index (χ1) is 20.3. The fourth-order valence-corrected chi connectivity index (χ4v) is 5.87. The summed E-state index contributed by atoms with van der Waals surface area (Å²) in [6.07, 6.45) is 5.79. The molecule has 14 nitrogen and oxygen atoms in total. The van der Waals surface area contributed by atoms with Gasteiger partial charge in [-0.1, -0.05) is 0 Å². The van der Waals surface area contributed by atoms with E-state index in [9.17, 15) is 35.2 Å². The minimum absolute atomic E-state index is 0.152. The van der Waals surface area contributed by atoms with Crippen molar-refractivity contribution in [3.63, 3.8) is 0 Å². The van der Waals surface area contributed by atoms with Gasteiger partial charge in [-0.05, 0) is 35.1 Å². The van der Waals surface area contributed by atoms with Gasteiger partial charge in [0.15, 0.2) is 0 Å². The zero-order valence-electron chi connectivity index (χ0n) is 30.4.